The smallest absolute Gasteiger partial charge is 0.265 e. The first-order valence-electron chi connectivity index (χ1n) is 8.01. The van der Waals surface area contributed by atoms with Crippen molar-refractivity contribution in [2.75, 3.05) is 6.54 Å². The lowest BCUT2D eigenvalue weighted by molar-refractivity contribution is 0.0949. The lowest BCUT2D eigenvalue weighted by Gasteiger charge is -2.09. The van der Waals surface area contributed by atoms with Gasteiger partial charge in [-0.25, -0.2) is 4.98 Å². The quantitative estimate of drug-likeness (QED) is 0.779. The van der Waals surface area contributed by atoms with E-state index in [1.54, 1.807) is 42.5 Å². The van der Waals surface area contributed by atoms with Gasteiger partial charge in [-0.15, -0.1) is 0 Å². The number of fused-ring (bicyclic) bond motifs is 1. The molecule has 0 radical (unpaired) electrons. The van der Waals surface area contributed by atoms with Crippen LogP contribution in [0.25, 0.3) is 16.6 Å². The van der Waals surface area contributed by atoms with Crippen molar-refractivity contribution in [1.82, 2.24) is 14.9 Å². The largest absolute Gasteiger partial charge is 0.352 e. The average molecular weight is 356 g/mol. The van der Waals surface area contributed by atoms with E-state index in [0.29, 0.717) is 39.6 Å². The number of benzene rings is 2. The standard InChI is InChI=1S/C19H18ClN3O2/c1-12(2)10-21-18(24)13-6-7-16-17(8-13)22-11-23(19(16)25)15-5-3-4-14(20)9-15/h3-9,11-12H,10H2,1-2H3,(H,21,24). The third kappa shape index (κ3) is 3.72. The molecule has 0 saturated carbocycles. The number of nitrogens with one attached hydrogen (secondary N) is 1. The molecule has 128 valence electrons. The molecule has 0 aliphatic rings. The molecule has 0 aliphatic carbocycles. The minimum absolute atomic E-state index is 0.170. The Bertz CT molecular complexity index is 995. The molecule has 0 unspecified atom stereocenters. The molecule has 3 aromatic rings. The van der Waals surface area contributed by atoms with E-state index in [9.17, 15) is 9.59 Å². The second-order valence-corrected chi connectivity index (χ2v) is 6.67. The molecule has 0 fully saturated rings. The monoisotopic (exact) mass is 355 g/mol. The van der Waals surface area contributed by atoms with Gasteiger partial charge in [0.25, 0.3) is 11.5 Å². The Morgan fingerprint density at radius 3 is 2.76 bits per heavy atom. The van der Waals surface area contributed by atoms with Crippen molar-refractivity contribution in [3.05, 3.63) is 69.7 Å². The van der Waals surface area contributed by atoms with Gasteiger partial charge < -0.3 is 5.32 Å². The Balaban J connectivity index is 1.99. The van der Waals surface area contributed by atoms with E-state index in [1.165, 1.54) is 10.9 Å². The van der Waals surface area contributed by atoms with Gasteiger partial charge in [0, 0.05) is 17.1 Å². The first-order valence-corrected chi connectivity index (χ1v) is 8.39. The summed E-state index contributed by atoms with van der Waals surface area (Å²) in [6.45, 7) is 4.65. The van der Waals surface area contributed by atoms with Crippen LogP contribution in [0.1, 0.15) is 24.2 Å². The Labute approximate surface area is 150 Å². The SMILES string of the molecule is CC(C)CNC(=O)c1ccc2c(=O)n(-c3cccc(Cl)c3)cnc2c1. The minimum Gasteiger partial charge on any atom is -0.352 e. The molecule has 6 heteroatoms. The number of halogens is 1. The first-order chi connectivity index (χ1) is 12.0. The van der Waals surface area contributed by atoms with Crippen molar-refractivity contribution in [3.8, 4) is 5.69 Å². The fourth-order valence-electron chi connectivity index (χ4n) is 2.47. The van der Waals surface area contributed by atoms with E-state index >= 15 is 0 Å². The van der Waals surface area contributed by atoms with E-state index in [1.807, 2.05) is 13.8 Å². The normalized spacial score (nSPS) is 11.0. The lowest BCUT2D eigenvalue weighted by atomic mass is 10.1. The summed E-state index contributed by atoms with van der Waals surface area (Å²) in [5.41, 5.74) is 1.41. The topological polar surface area (TPSA) is 64.0 Å². The predicted octanol–water partition coefficient (Wildman–Crippen LogP) is 3.42. The van der Waals surface area contributed by atoms with Crippen LogP contribution < -0.4 is 10.9 Å². The Kier molecular flexibility index (Phi) is 4.86. The summed E-state index contributed by atoms with van der Waals surface area (Å²) in [5, 5.41) is 3.85. The van der Waals surface area contributed by atoms with Crippen molar-refractivity contribution in [3.63, 3.8) is 0 Å². The number of rotatable bonds is 4. The van der Waals surface area contributed by atoms with Crippen LogP contribution in [0.4, 0.5) is 0 Å². The molecule has 0 atom stereocenters. The van der Waals surface area contributed by atoms with Crippen LogP contribution in [0.2, 0.25) is 5.02 Å². The van der Waals surface area contributed by atoms with Crippen LogP contribution in [0.15, 0.2) is 53.6 Å². The van der Waals surface area contributed by atoms with Crippen LogP contribution in [-0.4, -0.2) is 22.0 Å². The van der Waals surface area contributed by atoms with E-state index in [4.69, 9.17) is 11.6 Å². The zero-order valence-corrected chi connectivity index (χ0v) is 14.7. The molecule has 1 heterocycles. The minimum atomic E-state index is -0.207. The highest BCUT2D eigenvalue weighted by molar-refractivity contribution is 6.30. The summed E-state index contributed by atoms with van der Waals surface area (Å²) in [6.07, 6.45) is 1.45. The van der Waals surface area contributed by atoms with E-state index < -0.39 is 0 Å². The van der Waals surface area contributed by atoms with Crippen molar-refractivity contribution in [2.45, 2.75) is 13.8 Å². The fourth-order valence-corrected chi connectivity index (χ4v) is 2.66. The zero-order chi connectivity index (χ0) is 18.0. The van der Waals surface area contributed by atoms with Crippen molar-refractivity contribution in [1.29, 1.82) is 0 Å². The molecular formula is C19H18ClN3O2. The second-order valence-electron chi connectivity index (χ2n) is 6.24. The van der Waals surface area contributed by atoms with Gasteiger partial charge in [-0.1, -0.05) is 31.5 Å². The molecular weight excluding hydrogens is 338 g/mol. The lowest BCUT2D eigenvalue weighted by Crippen LogP contribution is -2.27. The van der Waals surface area contributed by atoms with Gasteiger partial charge in [0.2, 0.25) is 0 Å². The molecule has 2 aromatic carbocycles. The van der Waals surface area contributed by atoms with Crippen molar-refractivity contribution >= 4 is 28.4 Å². The Morgan fingerprint density at radius 1 is 1.24 bits per heavy atom. The number of aromatic nitrogens is 2. The van der Waals surface area contributed by atoms with Crippen LogP contribution in [-0.2, 0) is 0 Å². The third-order valence-electron chi connectivity index (χ3n) is 3.78. The Morgan fingerprint density at radius 2 is 2.04 bits per heavy atom. The molecule has 3 rings (SSSR count). The predicted molar refractivity (Wildman–Crippen MR) is 99.5 cm³/mol. The number of carbonyl (C=O) groups excluding carboxylic acids is 1. The fraction of sp³-hybridized carbons (Fsp3) is 0.211. The van der Waals surface area contributed by atoms with E-state index in [0.717, 1.165) is 0 Å². The molecule has 5 nitrogen and oxygen atoms in total. The molecule has 25 heavy (non-hydrogen) atoms. The molecule has 0 saturated heterocycles. The van der Waals surface area contributed by atoms with Crippen LogP contribution in [0, 0.1) is 5.92 Å². The highest BCUT2D eigenvalue weighted by Crippen LogP contribution is 2.15. The van der Waals surface area contributed by atoms with Crippen LogP contribution in [0.3, 0.4) is 0 Å². The summed E-state index contributed by atoms with van der Waals surface area (Å²) in [7, 11) is 0. The number of hydrogen-bond donors (Lipinski definition) is 1. The van der Waals surface area contributed by atoms with E-state index in [2.05, 4.69) is 10.3 Å². The molecule has 1 amide bonds. The third-order valence-corrected chi connectivity index (χ3v) is 4.01. The Hall–Kier alpha value is -2.66. The second kappa shape index (κ2) is 7.07. The first kappa shape index (κ1) is 17.2. The van der Waals surface area contributed by atoms with Gasteiger partial charge in [0.15, 0.2) is 0 Å². The number of amides is 1. The molecule has 1 aromatic heterocycles. The number of hydrogen-bond acceptors (Lipinski definition) is 3. The summed E-state index contributed by atoms with van der Waals surface area (Å²) in [4.78, 5) is 29.2. The average Bonchev–Trinajstić information content (AvgIpc) is 2.59. The molecule has 0 bridgehead atoms. The van der Waals surface area contributed by atoms with Gasteiger partial charge in [-0.3, -0.25) is 14.2 Å². The zero-order valence-electron chi connectivity index (χ0n) is 14.0. The highest BCUT2D eigenvalue weighted by atomic mass is 35.5. The van der Waals surface area contributed by atoms with Gasteiger partial charge in [0.05, 0.1) is 16.6 Å². The number of nitrogens with zero attached hydrogens (tertiary/aromatic N) is 2. The van der Waals surface area contributed by atoms with Crippen molar-refractivity contribution in [2.24, 2.45) is 5.92 Å². The summed E-state index contributed by atoms with van der Waals surface area (Å²) in [5.74, 6) is 0.198. The molecule has 0 aliphatic heterocycles. The maximum absolute atomic E-state index is 12.7. The molecule has 0 spiro atoms. The van der Waals surface area contributed by atoms with Gasteiger partial charge >= 0.3 is 0 Å². The van der Waals surface area contributed by atoms with Crippen LogP contribution >= 0.6 is 11.6 Å². The highest BCUT2D eigenvalue weighted by Gasteiger charge is 2.11. The van der Waals surface area contributed by atoms with Crippen LogP contribution in [0.5, 0.6) is 0 Å². The van der Waals surface area contributed by atoms with Gasteiger partial charge in [-0.05, 0) is 42.3 Å². The maximum Gasteiger partial charge on any atom is 0.265 e. The maximum atomic E-state index is 12.7. The summed E-state index contributed by atoms with van der Waals surface area (Å²) in [6, 6.07) is 11.9. The molecule has 1 N–H and O–H groups in total. The van der Waals surface area contributed by atoms with Gasteiger partial charge in [0.1, 0.15) is 6.33 Å². The summed E-state index contributed by atoms with van der Waals surface area (Å²) >= 11 is 5.99. The van der Waals surface area contributed by atoms with Gasteiger partial charge in [-0.2, -0.15) is 0 Å². The van der Waals surface area contributed by atoms with Crippen molar-refractivity contribution < 1.29 is 4.79 Å². The number of carbonyl (C=O) groups is 1. The van der Waals surface area contributed by atoms with E-state index in [-0.39, 0.29) is 11.5 Å². The summed E-state index contributed by atoms with van der Waals surface area (Å²) < 4.78 is 1.44.